The van der Waals surface area contributed by atoms with Gasteiger partial charge in [0.1, 0.15) is 5.75 Å². The van der Waals surface area contributed by atoms with Crippen LogP contribution in [0, 0.1) is 10.1 Å². The maximum Gasteiger partial charge on any atom is 0.273 e. The topological polar surface area (TPSA) is 70.2 Å². The number of hydrogen-bond donors (Lipinski definition) is 0. The third kappa shape index (κ3) is 2.10. The number of non-ortho nitro benzene ring substituents is 1. The van der Waals surface area contributed by atoms with Gasteiger partial charge in [0.05, 0.1) is 23.8 Å². The quantitative estimate of drug-likeness (QED) is 0.600. The first-order chi connectivity index (χ1) is 8.11. The first kappa shape index (κ1) is 11.1. The summed E-state index contributed by atoms with van der Waals surface area (Å²) in [6.07, 6.45) is 1.80. The third-order valence-corrected chi connectivity index (χ3v) is 2.39. The Bertz CT molecular complexity index is 563. The third-order valence-electron chi connectivity index (χ3n) is 2.39. The van der Waals surface area contributed by atoms with Gasteiger partial charge in [0.2, 0.25) is 0 Å². The molecule has 0 saturated heterocycles. The number of nitrogens with zero attached hydrogens (tertiary/aromatic N) is 3. The van der Waals surface area contributed by atoms with E-state index < -0.39 is 4.92 Å². The highest BCUT2D eigenvalue weighted by Crippen LogP contribution is 2.31. The Hall–Kier alpha value is -2.37. The number of nitro groups is 1. The molecule has 6 heteroatoms. The average Bonchev–Trinajstić information content (AvgIpc) is 2.74. The smallest absolute Gasteiger partial charge is 0.273 e. The summed E-state index contributed by atoms with van der Waals surface area (Å²) >= 11 is 0. The number of aryl methyl sites for hydroxylation is 1. The summed E-state index contributed by atoms with van der Waals surface area (Å²) in [5.74, 6) is 0.443. The Morgan fingerprint density at radius 3 is 2.71 bits per heavy atom. The van der Waals surface area contributed by atoms with Crippen LogP contribution in [0.1, 0.15) is 0 Å². The molecule has 1 heterocycles. The molecule has 0 atom stereocenters. The van der Waals surface area contributed by atoms with Gasteiger partial charge in [0.25, 0.3) is 5.69 Å². The van der Waals surface area contributed by atoms with E-state index in [0.717, 1.165) is 11.3 Å². The lowest BCUT2D eigenvalue weighted by Gasteiger charge is -2.05. The van der Waals surface area contributed by atoms with Gasteiger partial charge in [-0.3, -0.25) is 14.8 Å². The molecule has 0 aliphatic rings. The van der Waals surface area contributed by atoms with Crippen molar-refractivity contribution < 1.29 is 9.66 Å². The van der Waals surface area contributed by atoms with Gasteiger partial charge in [0, 0.05) is 24.9 Å². The van der Waals surface area contributed by atoms with Crippen LogP contribution in [0.5, 0.6) is 5.75 Å². The molecule has 0 saturated carbocycles. The number of benzene rings is 1. The zero-order valence-corrected chi connectivity index (χ0v) is 9.45. The molecule has 6 nitrogen and oxygen atoms in total. The first-order valence-corrected chi connectivity index (χ1v) is 4.94. The highest BCUT2D eigenvalue weighted by Gasteiger charge is 2.13. The monoisotopic (exact) mass is 233 g/mol. The van der Waals surface area contributed by atoms with Crippen LogP contribution >= 0.6 is 0 Å². The lowest BCUT2D eigenvalue weighted by atomic mass is 10.1. The molecule has 0 N–H and O–H groups in total. The van der Waals surface area contributed by atoms with Crippen LogP contribution in [0.25, 0.3) is 11.3 Å². The van der Waals surface area contributed by atoms with E-state index in [-0.39, 0.29) is 5.69 Å². The Kier molecular flexibility index (Phi) is 2.78. The molecule has 0 fully saturated rings. The summed E-state index contributed by atoms with van der Waals surface area (Å²) < 4.78 is 6.81. The molecule has 0 unspecified atom stereocenters. The van der Waals surface area contributed by atoms with E-state index in [1.54, 1.807) is 24.0 Å². The van der Waals surface area contributed by atoms with Crippen molar-refractivity contribution in [3.63, 3.8) is 0 Å². The van der Waals surface area contributed by atoms with Crippen molar-refractivity contribution in [3.8, 4) is 17.0 Å². The van der Waals surface area contributed by atoms with Crippen LogP contribution in [0.2, 0.25) is 0 Å². The SMILES string of the molecule is COc1cc([N+](=O)[O-])ccc1-c1ccn(C)n1. The van der Waals surface area contributed by atoms with E-state index in [2.05, 4.69) is 5.10 Å². The van der Waals surface area contributed by atoms with Crippen LogP contribution in [-0.2, 0) is 7.05 Å². The Balaban J connectivity index is 2.51. The molecule has 0 radical (unpaired) electrons. The van der Waals surface area contributed by atoms with Gasteiger partial charge in [-0.05, 0) is 12.1 Å². The summed E-state index contributed by atoms with van der Waals surface area (Å²) in [5, 5.41) is 14.9. The van der Waals surface area contributed by atoms with Gasteiger partial charge in [0.15, 0.2) is 0 Å². The molecule has 0 aliphatic heterocycles. The van der Waals surface area contributed by atoms with Crippen LogP contribution in [0.4, 0.5) is 5.69 Å². The van der Waals surface area contributed by atoms with Crippen molar-refractivity contribution in [2.75, 3.05) is 7.11 Å². The number of nitro benzene ring substituents is 1. The highest BCUT2D eigenvalue weighted by molar-refractivity contribution is 5.69. The van der Waals surface area contributed by atoms with Crippen LogP contribution < -0.4 is 4.74 Å². The molecule has 88 valence electrons. The van der Waals surface area contributed by atoms with Gasteiger partial charge in [-0.2, -0.15) is 5.10 Å². The molecular weight excluding hydrogens is 222 g/mol. The van der Waals surface area contributed by atoms with Crippen molar-refractivity contribution in [2.24, 2.45) is 7.05 Å². The normalized spacial score (nSPS) is 10.2. The van der Waals surface area contributed by atoms with Gasteiger partial charge in [-0.1, -0.05) is 0 Å². The molecule has 17 heavy (non-hydrogen) atoms. The molecule has 0 aliphatic carbocycles. The van der Waals surface area contributed by atoms with E-state index in [0.29, 0.717) is 5.75 Å². The number of hydrogen-bond acceptors (Lipinski definition) is 4. The number of ether oxygens (including phenoxy) is 1. The minimum atomic E-state index is -0.454. The summed E-state index contributed by atoms with van der Waals surface area (Å²) in [5.41, 5.74) is 1.46. The molecule has 1 aromatic carbocycles. The van der Waals surface area contributed by atoms with E-state index in [9.17, 15) is 10.1 Å². The van der Waals surface area contributed by atoms with E-state index in [4.69, 9.17) is 4.74 Å². The van der Waals surface area contributed by atoms with Crippen molar-refractivity contribution in [3.05, 3.63) is 40.6 Å². The molecule has 0 bridgehead atoms. The zero-order valence-electron chi connectivity index (χ0n) is 9.45. The van der Waals surface area contributed by atoms with E-state index in [1.807, 2.05) is 6.07 Å². The lowest BCUT2D eigenvalue weighted by Crippen LogP contribution is -1.93. The van der Waals surface area contributed by atoms with Gasteiger partial charge in [-0.25, -0.2) is 0 Å². The van der Waals surface area contributed by atoms with E-state index in [1.165, 1.54) is 19.2 Å². The molecule has 0 amide bonds. The zero-order chi connectivity index (χ0) is 12.4. The van der Waals surface area contributed by atoms with Crippen LogP contribution in [0.3, 0.4) is 0 Å². The fourth-order valence-corrected chi connectivity index (χ4v) is 1.56. The van der Waals surface area contributed by atoms with E-state index >= 15 is 0 Å². The number of methoxy groups -OCH3 is 1. The molecule has 0 spiro atoms. The second-order valence-corrected chi connectivity index (χ2v) is 3.52. The Morgan fingerprint density at radius 1 is 1.41 bits per heavy atom. The van der Waals surface area contributed by atoms with Crippen molar-refractivity contribution in [1.29, 1.82) is 0 Å². The summed E-state index contributed by atoms with van der Waals surface area (Å²) in [6, 6.07) is 6.29. The van der Waals surface area contributed by atoms with Crippen LogP contribution in [0.15, 0.2) is 30.5 Å². The highest BCUT2D eigenvalue weighted by atomic mass is 16.6. The second kappa shape index (κ2) is 4.25. The molecular formula is C11H11N3O3. The van der Waals surface area contributed by atoms with Crippen LogP contribution in [-0.4, -0.2) is 21.8 Å². The lowest BCUT2D eigenvalue weighted by molar-refractivity contribution is -0.384. The minimum absolute atomic E-state index is 0.00142. The molecule has 1 aromatic heterocycles. The predicted molar refractivity (Wildman–Crippen MR) is 61.9 cm³/mol. The van der Waals surface area contributed by atoms with Gasteiger partial charge >= 0.3 is 0 Å². The summed E-state index contributed by atoms with van der Waals surface area (Å²) in [4.78, 5) is 10.2. The molecule has 2 aromatic rings. The number of rotatable bonds is 3. The fourth-order valence-electron chi connectivity index (χ4n) is 1.56. The second-order valence-electron chi connectivity index (χ2n) is 3.52. The maximum atomic E-state index is 10.7. The fraction of sp³-hybridized carbons (Fsp3) is 0.182. The maximum absolute atomic E-state index is 10.7. The van der Waals surface area contributed by atoms with Gasteiger partial charge < -0.3 is 4.74 Å². The minimum Gasteiger partial charge on any atom is -0.496 e. The Labute approximate surface area is 97.6 Å². The van der Waals surface area contributed by atoms with Crippen molar-refractivity contribution >= 4 is 5.69 Å². The van der Waals surface area contributed by atoms with Crippen molar-refractivity contribution in [2.45, 2.75) is 0 Å². The average molecular weight is 233 g/mol. The summed E-state index contributed by atoms with van der Waals surface area (Å²) in [6.45, 7) is 0. The predicted octanol–water partition coefficient (Wildman–Crippen LogP) is 2.00. The largest absolute Gasteiger partial charge is 0.496 e. The first-order valence-electron chi connectivity index (χ1n) is 4.94. The standard InChI is InChI=1S/C11H11N3O3/c1-13-6-5-10(12-13)9-4-3-8(14(15)16)7-11(9)17-2/h3-7H,1-2H3. The van der Waals surface area contributed by atoms with Gasteiger partial charge in [-0.15, -0.1) is 0 Å². The molecule has 2 rings (SSSR count). The summed E-state index contributed by atoms with van der Waals surface area (Å²) in [7, 11) is 3.28. The number of aromatic nitrogens is 2. The van der Waals surface area contributed by atoms with Crippen molar-refractivity contribution in [1.82, 2.24) is 9.78 Å². The Morgan fingerprint density at radius 2 is 2.18 bits per heavy atom.